The van der Waals surface area contributed by atoms with Gasteiger partial charge >= 0.3 is 6.03 Å². The molecule has 0 bridgehead atoms. The van der Waals surface area contributed by atoms with Crippen molar-refractivity contribution >= 4 is 29.6 Å². The SMILES string of the molecule is COc1cc(/C=C2\C(=O)NC(=O)N(c3ccc(C)cc3)C2=O)cc(OC)c1OC. The normalized spacial score (nSPS) is 15.4. The van der Waals surface area contributed by atoms with E-state index in [1.54, 1.807) is 36.4 Å². The first-order chi connectivity index (χ1) is 13.9. The third-order valence-electron chi connectivity index (χ3n) is 4.39. The van der Waals surface area contributed by atoms with Gasteiger partial charge in [-0.1, -0.05) is 17.7 Å². The third kappa shape index (κ3) is 3.77. The van der Waals surface area contributed by atoms with Crippen LogP contribution in [-0.2, 0) is 9.59 Å². The van der Waals surface area contributed by atoms with Crippen LogP contribution in [0.3, 0.4) is 0 Å². The number of hydrogen-bond acceptors (Lipinski definition) is 6. The van der Waals surface area contributed by atoms with Gasteiger partial charge in [-0.25, -0.2) is 9.69 Å². The number of imide groups is 2. The fourth-order valence-electron chi connectivity index (χ4n) is 2.94. The van der Waals surface area contributed by atoms with Crippen LogP contribution in [0.1, 0.15) is 11.1 Å². The molecule has 1 saturated heterocycles. The van der Waals surface area contributed by atoms with Crippen LogP contribution in [0.25, 0.3) is 6.08 Å². The molecule has 0 atom stereocenters. The molecule has 4 amide bonds. The summed E-state index contributed by atoms with van der Waals surface area (Å²) < 4.78 is 15.9. The Bertz CT molecular complexity index is 985. The predicted molar refractivity (Wildman–Crippen MR) is 106 cm³/mol. The Hall–Kier alpha value is -3.81. The molecular formula is C21H20N2O6. The fourth-order valence-corrected chi connectivity index (χ4v) is 2.94. The van der Waals surface area contributed by atoms with Crippen molar-refractivity contribution in [3.63, 3.8) is 0 Å². The monoisotopic (exact) mass is 396 g/mol. The van der Waals surface area contributed by atoms with E-state index >= 15 is 0 Å². The molecular weight excluding hydrogens is 376 g/mol. The Morgan fingerprint density at radius 3 is 2.00 bits per heavy atom. The second-order valence-corrected chi connectivity index (χ2v) is 6.25. The van der Waals surface area contributed by atoms with Gasteiger partial charge in [0.25, 0.3) is 11.8 Å². The number of rotatable bonds is 5. The summed E-state index contributed by atoms with van der Waals surface area (Å²) in [5.74, 6) is -0.385. The minimum Gasteiger partial charge on any atom is -0.493 e. The van der Waals surface area contributed by atoms with E-state index in [2.05, 4.69) is 5.32 Å². The molecule has 1 aliphatic rings. The van der Waals surface area contributed by atoms with Crippen LogP contribution in [0.4, 0.5) is 10.5 Å². The van der Waals surface area contributed by atoms with E-state index in [0.717, 1.165) is 10.5 Å². The number of hydrogen-bond donors (Lipinski definition) is 1. The largest absolute Gasteiger partial charge is 0.493 e. The number of carbonyl (C=O) groups is 3. The molecule has 0 saturated carbocycles. The lowest BCUT2D eigenvalue weighted by molar-refractivity contribution is -0.122. The summed E-state index contributed by atoms with van der Waals surface area (Å²) in [6, 6.07) is 9.22. The zero-order valence-electron chi connectivity index (χ0n) is 16.4. The number of amides is 4. The van der Waals surface area contributed by atoms with E-state index in [0.29, 0.717) is 28.5 Å². The summed E-state index contributed by atoms with van der Waals surface area (Å²) in [5.41, 5.74) is 1.61. The molecule has 29 heavy (non-hydrogen) atoms. The molecule has 1 fully saturated rings. The van der Waals surface area contributed by atoms with Crippen molar-refractivity contribution in [2.45, 2.75) is 6.92 Å². The molecule has 1 heterocycles. The summed E-state index contributed by atoms with van der Waals surface area (Å²) in [6.45, 7) is 1.89. The van der Waals surface area contributed by atoms with Crippen molar-refractivity contribution in [2.75, 3.05) is 26.2 Å². The number of nitrogens with zero attached hydrogens (tertiary/aromatic N) is 1. The van der Waals surface area contributed by atoms with Crippen LogP contribution < -0.4 is 24.4 Å². The Balaban J connectivity index is 2.06. The Kier molecular flexibility index (Phi) is 5.54. The van der Waals surface area contributed by atoms with Crippen molar-refractivity contribution in [3.05, 3.63) is 53.1 Å². The molecule has 3 rings (SSSR count). The number of benzene rings is 2. The predicted octanol–water partition coefficient (Wildman–Crippen LogP) is 2.69. The maximum absolute atomic E-state index is 13.0. The highest BCUT2D eigenvalue weighted by atomic mass is 16.5. The summed E-state index contributed by atoms with van der Waals surface area (Å²) in [4.78, 5) is 38.5. The number of barbiturate groups is 1. The van der Waals surface area contributed by atoms with Crippen molar-refractivity contribution in [2.24, 2.45) is 0 Å². The number of anilines is 1. The Labute approximate surface area is 167 Å². The van der Waals surface area contributed by atoms with Crippen molar-refractivity contribution < 1.29 is 28.6 Å². The molecule has 0 radical (unpaired) electrons. The molecule has 8 heteroatoms. The van der Waals surface area contributed by atoms with Crippen LogP contribution in [0.5, 0.6) is 17.2 Å². The van der Waals surface area contributed by atoms with Gasteiger partial charge in [-0.15, -0.1) is 0 Å². The van der Waals surface area contributed by atoms with Gasteiger partial charge in [-0.3, -0.25) is 14.9 Å². The lowest BCUT2D eigenvalue weighted by atomic mass is 10.1. The van der Waals surface area contributed by atoms with E-state index in [1.807, 2.05) is 6.92 Å². The number of ether oxygens (including phenoxy) is 3. The number of carbonyl (C=O) groups excluding carboxylic acids is 3. The smallest absolute Gasteiger partial charge is 0.335 e. The average Bonchev–Trinajstić information content (AvgIpc) is 2.71. The topological polar surface area (TPSA) is 94.2 Å². The van der Waals surface area contributed by atoms with Gasteiger partial charge in [0.15, 0.2) is 11.5 Å². The molecule has 8 nitrogen and oxygen atoms in total. The maximum Gasteiger partial charge on any atom is 0.335 e. The molecule has 2 aromatic rings. The van der Waals surface area contributed by atoms with Crippen LogP contribution >= 0.6 is 0 Å². The first-order valence-electron chi connectivity index (χ1n) is 8.67. The number of nitrogens with one attached hydrogen (secondary N) is 1. The van der Waals surface area contributed by atoms with Crippen LogP contribution in [0.2, 0.25) is 0 Å². The minimum absolute atomic E-state index is 0.195. The second kappa shape index (κ2) is 8.05. The standard InChI is InChI=1S/C21H20N2O6/c1-12-5-7-14(8-6-12)23-20(25)15(19(24)22-21(23)26)9-13-10-16(27-2)18(29-4)17(11-13)28-3/h5-11H,1-4H3,(H,22,24,26)/b15-9+. The number of aryl methyl sites for hydroxylation is 1. The average molecular weight is 396 g/mol. The van der Waals surface area contributed by atoms with E-state index in [9.17, 15) is 14.4 Å². The van der Waals surface area contributed by atoms with Crippen LogP contribution in [0, 0.1) is 6.92 Å². The van der Waals surface area contributed by atoms with Crippen molar-refractivity contribution in [1.29, 1.82) is 0 Å². The highest BCUT2D eigenvalue weighted by Gasteiger charge is 2.36. The van der Waals surface area contributed by atoms with Crippen LogP contribution in [0.15, 0.2) is 42.0 Å². The Morgan fingerprint density at radius 1 is 0.897 bits per heavy atom. The third-order valence-corrected chi connectivity index (χ3v) is 4.39. The zero-order valence-corrected chi connectivity index (χ0v) is 16.4. The quantitative estimate of drug-likeness (QED) is 0.617. The van der Waals surface area contributed by atoms with Crippen molar-refractivity contribution in [3.8, 4) is 17.2 Å². The highest BCUT2D eigenvalue weighted by molar-refractivity contribution is 6.39. The first kappa shape index (κ1) is 19.9. The molecule has 0 aromatic heterocycles. The van der Waals surface area contributed by atoms with E-state index < -0.39 is 17.8 Å². The van der Waals surface area contributed by atoms with Gasteiger partial charge in [-0.05, 0) is 42.8 Å². The van der Waals surface area contributed by atoms with Gasteiger partial charge in [-0.2, -0.15) is 0 Å². The van der Waals surface area contributed by atoms with E-state index in [-0.39, 0.29) is 5.57 Å². The Morgan fingerprint density at radius 2 is 1.48 bits per heavy atom. The first-order valence-corrected chi connectivity index (χ1v) is 8.67. The molecule has 150 valence electrons. The number of urea groups is 1. The van der Waals surface area contributed by atoms with E-state index in [1.165, 1.54) is 27.4 Å². The molecule has 2 aromatic carbocycles. The summed E-state index contributed by atoms with van der Waals surface area (Å²) >= 11 is 0. The van der Waals surface area contributed by atoms with Crippen LogP contribution in [-0.4, -0.2) is 39.2 Å². The van der Waals surface area contributed by atoms with Gasteiger partial charge in [0.05, 0.1) is 27.0 Å². The lowest BCUT2D eigenvalue weighted by Gasteiger charge is -2.26. The second-order valence-electron chi connectivity index (χ2n) is 6.25. The highest BCUT2D eigenvalue weighted by Crippen LogP contribution is 2.39. The van der Waals surface area contributed by atoms with E-state index in [4.69, 9.17) is 14.2 Å². The number of methoxy groups -OCH3 is 3. The molecule has 0 unspecified atom stereocenters. The summed E-state index contributed by atoms with van der Waals surface area (Å²) in [5, 5.41) is 2.19. The lowest BCUT2D eigenvalue weighted by Crippen LogP contribution is -2.54. The van der Waals surface area contributed by atoms with Gasteiger partial charge in [0.1, 0.15) is 5.57 Å². The minimum atomic E-state index is -0.800. The molecule has 0 spiro atoms. The van der Waals surface area contributed by atoms with Gasteiger partial charge < -0.3 is 14.2 Å². The van der Waals surface area contributed by atoms with Gasteiger partial charge in [0.2, 0.25) is 5.75 Å². The molecule has 1 N–H and O–H groups in total. The van der Waals surface area contributed by atoms with Crippen molar-refractivity contribution in [1.82, 2.24) is 5.32 Å². The summed E-state index contributed by atoms with van der Waals surface area (Å²) in [6.07, 6.45) is 1.37. The zero-order chi connectivity index (χ0) is 21.1. The van der Waals surface area contributed by atoms with Gasteiger partial charge in [0, 0.05) is 0 Å². The maximum atomic E-state index is 13.0. The molecule has 1 aliphatic heterocycles. The summed E-state index contributed by atoms with van der Waals surface area (Å²) in [7, 11) is 4.40. The fraction of sp³-hybridized carbons (Fsp3) is 0.190. The molecule has 0 aliphatic carbocycles.